The minimum Gasteiger partial charge on any atom is -0.460 e. The van der Waals surface area contributed by atoms with Crippen molar-refractivity contribution in [2.45, 2.75) is 116 Å². The number of likely N-dealkylation sites (tertiary alicyclic amines) is 1. The van der Waals surface area contributed by atoms with Gasteiger partial charge in [-0.25, -0.2) is 17.6 Å². The summed E-state index contributed by atoms with van der Waals surface area (Å²) in [6, 6.07) is 3.30. The van der Waals surface area contributed by atoms with Crippen LogP contribution >= 0.6 is 0 Å². The highest BCUT2D eigenvalue weighted by Crippen LogP contribution is 2.57. The molecule has 13 nitrogen and oxygen atoms in total. The smallest absolute Gasteiger partial charge is 0.410 e. The number of sulfonamides is 1. The van der Waals surface area contributed by atoms with Crippen molar-refractivity contribution in [3.05, 3.63) is 59.4 Å². The van der Waals surface area contributed by atoms with E-state index in [1.165, 1.54) is 28.0 Å². The molecule has 1 saturated heterocycles. The van der Waals surface area contributed by atoms with E-state index >= 15 is 0 Å². The number of nitrogens with one attached hydrogen (secondary N) is 1. The normalized spacial score (nSPS) is 24.1. The lowest BCUT2D eigenvalue weighted by Crippen LogP contribution is -2.47. The zero-order valence-corrected chi connectivity index (χ0v) is 31.6. The van der Waals surface area contributed by atoms with Crippen LogP contribution in [0.5, 0.6) is 0 Å². The predicted molar refractivity (Wildman–Crippen MR) is 189 cm³/mol. The summed E-state index contributed by atoms with van der Waals surface area (Å²) in [5, 5.41) is -0.672. The fourth-order valence-corrected chi connectivity index (χ4v) is 8.54. The fourth-order valence-electron chi connectivity index (χ4n) is 7.16. The number of allylic oxidation sites excluding steroid dienone is 3. The van der Waals surface area contributed by atoms with Crippen LogP contribution < -0.4 is 4.72 Å². The minimum absolute atomic E-state index is 0.0344. The van der Waals surface area contributed by atoms with E-state index in [4.69, 9.17) is 9.47 Å². The van der Waals surface area contributed by atoms with Gasteiger partial charge in [-0.15, -0.1) is 6.58 Å². The number of Topliss-reactive ketones (excluding diaryl/α,β-unsaturated/α-hetero) is 1. The molecule has 0 bridgehead atoms. The number of benzene rings is 1. The lowest BCUT2D eigenvalue weighted by molar-refractivity contribution is -0.159. The van der Waals surface area contributed by atoms with Gasteiger partial charge in [-0.1, -0.05) is 23.8 Å². The molecule has 288 valence electrons. The molecule has 1 aromatic carbocycles. The van der Waals surface area contributed by atoms with Crippen LogP contribution in [0, 0.1) is 23.1 Å². The van der Waals surface area contributed by atoms with Crippen molar-refractivity contribution in [3.8, 4) is 0 Å². The molecule has 2 saturated carbocycles. The minimum atomic E-state index is -3.93. The largest absolute Gasteiger partial charge is 0.460 e. The van der Waals surface area contributed by atoms with Gasteiger partial charge in [-0.3, -0.25) is 33.6 Å². The first-order chi connectivity index (χ1) is 24.7. The van der Waals surface area contributed by atoms with Gasteiger partial charge in [0.05, 0.1) is 42.1 Å². The molecule has 53 heavy (non-hydrogen) atoms. The molecular formula is C38H48FN3O10S. The number of halogens is 1. The number of nitrogens with zero attached hydrogens (tertiary/aromatic N) is 2. The Hall–Kier alpha value is -4.40. The summed E-state index contributed by atoms with van der Waals surface area (Å²) in [6.07, 6.45) is 0.624. The zero-order valence-electron chi connectivity index (χ0n) is 30.8. The van der Waals surface area contributed by atoms with Crippen molar-refractivity contribution < 1.29 is 51.0 Å². The second-order valence-corrected chi connectivity index (χ2v) is 17.8. The molecule has 2 unspecified atom stereocenters. The first-order valence-electron chi connectivity index (χ1n) is 17.9. The second-order valence-electron chi connectivity index (χ2n) is 15.9. The summed E-state index contributed by atoms with van der Waals surface area (Å²) in [4.78, 5) is 83.9. The van der Waals surface area contributed by atoms with Crippen LogP contribution in [0.15, 0.2) is 42.5 Å². The number of rotatable bonds is 14. The van der Waals surface area contributed by atoms with Crippen LogP contribution in [0.4, 0.5) is 9.18 Å². The summed E-state index contributed by atoms with van der Waals surface area (Å²) < 4.78 is 53.2. The van der Waals surface area contributed by atoms with E-state index in [-0.39, 0.29) is 38.9 Å². The molecule has 3 amide bonds. The van der Waals surface area contributed by atoms with E-state index in [0.29, 0.717) is 29.5 Å². The fraction of sp³-hybridized carbons (Fsp3) is 0.579. The molecule has 5 rings (SSSR count). The van der Waals surface area contributed by atoms with Crippen molar-refractivity contribution in [1.82, 2.24) is 14.5 Å². The number of ketones is 2. The van der Waals surface area contributed by atoms with Gasteiger partial charge in [0.2, 0.25) is 21.8 Å². The Morgan fingerprint density at radius 2 is 1.79 bits per heavy atom. The molecule has 1 N–H and O–H groups in total. The van der Waals surface area contributed by atoms with Gasteiger partial charge in [-0.2, -0.15) is 0 Å². The van der Waals surface area contributed by atoms with Crippen molar-refractivity contribution in [2.75, 3.05) is 6.54 Å². The third kappa shape index (κ3) is 9.40. The molecule has 0 aromatic heterocycles. The summed E-state index contributed by atoms with van der Waals surface area (Å²) in [5.74, 6) is -5.47. The van der Waals surface area contributed by atoms with E-state index < -0.39 is 104 Å². The second kappa shape index (κ2) is 15.2. The number of carbonyl (C=O) groups excluding carboxylic acids is 6. The van der Waals surface area contributed by atoms with Crippen molar-refractivity contribution in [1.29, 1.82) is 0 Å². The first-order valence-corrected chi connectivity index (χ1v) is 19.4. The average Bonchev–Trinajstić information content (AvgIpc) is 3.93. The maximum absolute atomic E-state index is 14.4. The van der Waals surface area contributed by atoms with Gasteiger partial charge >= 0.3 is 12.1 Å². The summed E-state index contributed by atoms with van der Waals surface area (Å²) in [5.41, 5.74) is -0.633. The molecule has 2 heterocycles. The van der Waals surface area contributed by atoms with Gasteiger partial charge in [0.15, 0.2) is 11.6 Å². The quantitative estimate of drug-likeness (QED) is 0.164. The van der Waals surface area contributed by atoms with Crippen molar-refractivity contribution in [3.63, 3.8) is 0 Å². The predicted octanol–water partition coefficient (Wildman–Crippen LogP) is 4.28. The average molecular weight is 758 g/mol. The van der Waals surface area contributed by atoms with E-state index in [1.807, 2.05) is 0 Å². The number of carbonyl (C=O) groups is 6. The lowest BCUT2D eigenvalue weighted by atomic mass is 9.90. The molecule has 4 aliphatic rings. The topological polar surface area (TPSA) is 174 Å². The van der Waals surface area contributed by atoms with E-state index in [0.717, 1.165) is 0 Å². The molecule has 2 aliphatic heterocycles. The van der Waals surface area contributed by atoms with Crippen molar-refractivity contribution >= 4 is 45.5 Å². The standard InChI is InChI=1S/C38H48FN3O10S/c1-7-25-17-38(25,35(47)40-53(49,50)28-11-12-28)18-32(44)31-16-27(51-36(48)41-19-23-9-8-10-30(39)29(23)21-41)20-42(31)34(46)24(14-26(43)13-22(2)3)15-33(45)52-37(4,5)6/h7-10,13,24-25,27-28,31H,1,11-12,14-21H2,2-6H3,(H,40,47)/t24-,25-,27?,31?,38-/m1/s1. The molecular weight excluding hydrogens is 709 g/mol. The Morgan fingerprint density at radius 3 is 2.38 bits per heavy atom. The van der Waals surface area contributed by atoms with Crippen molar-refractivity contribution in [2.24, 2.45) is 17.3 Å². The highest BCUT2D eigenvalue weighted by molar-refractivity contribution is 7.90. The van der Waals surface area contributed by atoms with E-state index in [9.17, 15) is 41.6 Å². The highest BCUT2D eigenvalue weighted by atomic mass is 32.2. The molecule has 3 fully saturated rings. The maximum Gasteiger partial charge on any atom is 0.410 e. The summed E-state index contributed by atoms with van der Waals surface area (Å²) >= 11 is 0. The highest BCUT2D eigenvalue weighted by Gasteiger charge is 2.61. The monoisotopic (exact) mass is 757 g/mol. The number of amides is 3. The van der Waals surface area contributed by atoms with Crippen LogP contribution in [-0.4, -0.2) is 83.2 Å². The zero-order chi connectivity index (χ0) is 39.0. The van der Waals surface area contributed by atoms with Crippen LogP contribution in [0.25, 0.3) is 0 Å². The Kier molecular flexibility index (Phi) is 11.4. The van der Waals surface area contributed by atoms with Crippen LogP contribution in [0.2, 0.25) is 0 Å². The van der Waals surface area contributed by atoms with Gasteiger partial charge < -0.3 is 14.4 Å². The Morgan fingerprint density at radius 1 is 1.09 bits per heavy atom. The van der Waals surface area contributed by atoms with Gasteiger partial charge in [0, 0.05) is 31.4 Å². The molecule has 0 radical (unpaired) electrons. The number of hydrogen-bond acceptors (Lipinski definition) is 10. The number of esters is 1. The molecule has 15 heteroatoms. The summed E-state index contributed by atoms with van der Waals surface area (Å²) in [6.45, 7) is 11.9. The Bertz CT molecular complexity index is 1850. The third-order valence-electron chi connectivity index (χ3n) is 10.0. The first kappa shape index (κ1) is 39.8. The lowest BCUT2D eigenvalue weighted by Gasteiger charge is -2.29. The third-order valence-corrected chi connectivity index (χ3v) is 11.8. The number of fused-ring (bicyclic) bond motifs is 1. The maximum atomic E-state index is 14.4. The SMILES string of the molecule is C=C[C@@H]1C[C@]1(CC(=O)C1CC(OC(=O)N2Cc3cccc(F)c3C2)CN1C(=O)[C@H](CC(=O)C=C(C)C)CC(=O)OC(C)(C)C)C(=O)NS(=O)(=O)C1CC1. The van der Waals surface area contributed by atoms with E-state index in [1.54, 1.807) is 46.8 Å². The number of hydrogen-bond donors (Lipinski definition) is 1. The van der Waals surface area contributed by atoms with Crippen LogP contribution in [0.3, 0.4) is 0 Å². The Labute approximate surface area is 309 Å². The van der Waals surface area contributed by atoms with Crippen LogP contribution in [-0.2, 0) is 56.6 Å². The molecule has 1 aromatic rings. The van der Waals surface area contributed by atoms with Gasteiger partial charge in [0.1, 0.15) is 17.5 Å². The van der Waals surface area contributed by atoms with E-state index in [2.05, 4.69) is 11.3 Å². The summed E-state index contributed by atoms with van der Waals surface area (Å²) in [7, 11) is -3.93. The van der Waals surface area contributed by atoms with Crippen LogP contribution in [0.1, 0.15) is 90.7 Å². The number of ether oxygens (including phenoxy) is 2. The molecule has 0 spiro atoms. The Balaban J connectivity index is 1.40. The van der Waals surface area contributed by atoms with Gasteiger partial charge in [0.25, 0.3) is 0 Å². The van der Waals surface area contributed by atoms with Gasteiger partial charge in [-0.05, 0) is 77.5 Å². The molecule has 2 aliphatic carbocycles. The molecule has 5 atom stereocenters.